The predicted octanol–water partition coefficient (Wildman–Crippen LogP) is 2.71. The van der Waals surface area contributed by atoms with Crippen LogP contribution in [0.3, 0.4) is 0 Å². The van der Waals surface area contributed by atoms with Crippen molar-refractivity contribution in [2.24, 2.45) is 0 Å². The van der Waals surface area contributed by atoms with Gasteiger partial charge in [0.15, 0.2) is 17.3 Å². The zero-order valence-electron chi connectivity index (χ0n) is 17.0. The summed E-state index contributed by atoms with van der Waals surface area (Å²) in [6, 6.07) is 15.0. The fourth-order valence-corrected chi connectivity index (χ4v) is 3.61. The minimum Gasteiger partial charge on any atom is -0.493 e. The van der Waals surface area contributed by atoms with E-state index in [-0.39, 0.29) is 17.7 Å². The van der Waals surface area contributed by atoms with Crippen LogP contribution < -0.4 is 14.8 Å². The number of amides is 1. The molecule has 6 nitrogen and oxygen atoms in total. The lowest BCUT2D eigenvalue weighted by molar-refractivity contribution is -0.121. The number of ketones is 1. The van der Waals surface area contributed by atoms with Crippen molar-refractivity contribution in [1.29, 1.82) is 0 Å². The van der Waals surface area contributed by atoms with E-state index in [1.54, 1.807) is 14.2 Å². The van der Waals surface area contributed by atoms with Crippen molar-refractivity contribution in [3.63, 3.8) is 0 Å². The molecule has 1 N–H and O–H groups in total. The highest BCUT2D eigenvalue weighted by atomic mass is 16.5. The number of nitrogens with one attached hydrogen (secondary N) is 1. The van der Waals surface area contributed by atoms with Gasteiger partial charge in [0.05, 0.1) is 27.2 Å². The average Bonchev–Trinajstić information content (AvgIpc) is 2.75. The second kappa shape index (κ2) is 10.1. The Balaban J connectivity index is 1.44. The first-order valence-corrected chi connectivity index (χ1v) is 9.90. The van der Waals surface area contributed by atoms with Crippen LogP contribution in [0.4, 0.5) is 0 Å². The van der Waals surface area contributed by atoms with E-state index in [0.29, 0.717) is 24.5 Å². The fourth-order valence-electron chi connectivity index (χ4n) is 3.61. The summed E-state index contributed by atoms with van der Waals surface area (Å²) < 4.78 is 10.5. The molecule has 0 unspecified atom stereocenters. The SMILES string of the molecule is COc1ccc(CC(=O)NC2CCN(CC(=O)c3ccccc3)CC2)cc1OC. The molecule has 1 aliphatic heterocycles. The fraction of sp³-hybridized carbons (Fsp3) is 0.391. The first-order valence-electron chi connectivity index (χ1n) is 9.90. The highest BCUT2D eigenvalue weighted by Gasteiger charge is 2.22. The van der Waals surface area contributed by atoms with Crippen molar-refractivity contribution in [1.82, 2.24) is 10.2 Å². The van der Waals surface area contributed by atoms with E-state index >= 15 is 0 Å². The summed E-state index contributed by atoms with van der Waals surface area (Å²) in [6.07, 6.45) is 1.99. The number of Topliss-reactive ketones (excluding diaryl/α,β-unsaturated/α-hetero) is 1. The number of rotatable bonds is 8. The lowest BCUT2D eigenvalue weighted by atomic mass is 10.0. The minimum atomic E-state index is -0.00367. The molecule has 1 aliphatic rings. The Bertz CT molecular complexity index is 830. The number of piperidine rings is 1. The van der Waals surface area contributed by atoms with Crippen LogP contribution in [0.5, 0.6) is 11.5 Å². The molecule has 29 heavy (non-hydrogen) atoms. The van der Waals surface area contributed by atoms with Gasteiger partial charge in [0, 0.05) is 24.7 Å². The molecule has 0 bridgehead atoms. The Hall–Kier alpha value is -2.86. The van der Waals surface area contributed by atoms with Gasteiger partial charge in [-0.2, -0.15) is 0 Å². The van der Waals surface area contributed by atoms with Crippen molar-refractivity contribution < 1.29 is 19.1 Å². The summed E-state index contributed by atoms with van der Waals surface area (Å²) >= 11 is 0. The lowest BCUT2D eigenvalue weighted by Gasteiger charge is -2.31. The molecular weight excluding hydrogens is 368 g/mol. The molecule has 0 radical (unpaired) electrons. The maximum atomic E-state index is 12.4. The lowest BCUT2D eigenvalue weighted by Crippen LogP contribution is -2.46. The van der Waals surface area contributed by atoms with Crippen LogP contribution in [-0.2, 0) is 11.2 Å². The summed E-state index contributed by atoms with van der Waals surface area (Å²) in [6.45, 7) is 2.04. The van der Waals surface area contributed by atoms with Crippen molar-refractivity contribution in [3.8, 4) is 11.5 Å². The van der Waals surface area contributed by atoms with E-state index in [2.05, 4.69) is 10.2 Å². The highest BCUT2D eigenvalue weighted by molar-refractivity contribution is 5.97. The van der Waals surface area contributed by atoms with Gasteiger partial charge in [0.1, 0.15) is 0 Å². The van der Waals surface area contributed by atoms with E-state index in [0.717, 1.165) is 37.1 Å². The number of carbonyl (C=O) groups excluding carboxylic acids is 2. The van der Waals surface area contributed by atoms with E-state index in [4.69, 9.17) is 9.47 Å². The molecule has 0 saturated carbocycles. The van der Waals surface area contributed by atoms with Crippen molar-refractivity contribution in [2.45, 2.75) is 25.3 Å². The average molecular weight is 396 g/mol. The van der Waals surface area contributed by atoms with Gasteiger partial charge < -0.3 is 14.8 Å². The molecule has 0 aliphatic carbocycles. The van der Waals surface area contributed by atoms with E-state index < -0.39 is 0 Å². The van der Waals surface area contributed by atoms with E-state index in [1.807, 2.05) is 48.5 Å². The Morgan fingerprint density at radius 1 is 1.00 bits per heavy atom. The summed E-state index contributed by atoms with van der Waals surface area (Å²) in [5.74, 6) is 1.40. The van der Waals surface area contributed by atoms with Crippen LogP contribution in [0.25, 0.3) is 0 Å². The zero-order chi connectivity index (χ0) is 20.6. The molecule has 2 aromatic rings. The molecule has 3 rings (SSSR count). The number of nitrogens with zero attached hydrogens (tertiary/aromatic N) is 1. The van der Waals surface area contributed by atoms with Gasteiger partial charge in [0.2, 0.25) is 5.91 Å². The number of hydrogen-bond acceptors (Lipinski definition) is 5. The number of hydrogen-bond donors (Lipinski definition) is 1. The Kier molecular flexibility index (Phi) is 7.25. The molecule has 6 heteroatoms. The highest BCUT2D eigenvalue weighted by Crippen LogP contribution is 2.27. The molecule has 1 heterocycles. The molecule has 0 aromatic heterocycles. The third kappa shape index (κ3) is 5.81. The summed E-state index contributed by atoms with van der Waals surface area (Å²) in [5.41, 5.74) is 1.63. The Morgan fingerprint density at radius 2 is 1.69 bits per heavy atom. The van der Waals surface area contributed by atoms with Crippen molar-refractivity contribution >= 4 is 11.7 Å². The minimum absolute atomic E-state index is 0.00367. The van der Waals surface area contributed by atoms with Crippen molar-refractivity contribution in [2.75, 3.05) is 33.9 Å². The number of ether oxygens (including phenoxy) is 2. The second-order valence-electron chi connectivity index (χ2n) is 7.27. The number of likely N-dealkylation sites (tertiary alicyclic amines) is 1. The largest absolute Gasteiger partial charge is 0.493 e. The third-order valence-corrected chi connectivity index (χ3v) is 5.23. The molecule has 2 aromatic carbocycles. The first-order chi connectivity index (χ1) is 14.1. The first kappa shape index (κ1) is 20.9. The predicted molar refractivity (Wildman–Crippen MR) is 112 cm³/mol. The molecule has 0 spiro atoms. The monoisotopic (exact) mass is 396 g/mol. The van der Waals surface area contributed by atoms with Crippen LogP contribution in [0, 0.1) is 0 Å². The Morgan fingerprint density at radius 3 is 2.34 bits per heavy atom. The van der Waals surface area contributed by atoms with Gasteiger partial charge in [-0.1, -0.05) is 36.4 Å². The van der Waals surface area contributed by atoms with Crippen LogP contribution in [0.15, 0.2) is 48.5 Å². The maximum Gasteiger partial charge on any atom is 0.224 e. The van der Waals surface area contributed by atoms with Gasteiger partial charge >= 0.3 is 0 Å². The quantitative estimate of drug-likeness (QED) is 0.695. The Labute approximate surface area is 171 Å². The molecule has 1 fully saturated rings. The summed E-state index contributed by atoms with van der Waals surface area (Å²) in [5, 5.41) is 3.12. The van der Waals surface area contributed by atoms with E-state index in [9.17, 15) is 9.59 Å². The van der Waals surface area contributed by atoms with Crippen LogP contribution >= 0.6 is 0 Å². The molecule has 1 amide bonds. The number of methoxy groups -OCH3 is 2. The van der Waals surface area contributed by atoms with Gasteiger partial charge in [-0.3, -0.25) is 14.5 Å². The topological polar surface area (TPSA) is 67.9 Å². The van der Waals surface area contributed by atoms with Gasteiger partial charge in [0.25, 0.3) is 0 Å². The van der Waals surface area contributed by atoms with Crippen LogP contribution in [0.2, 0.25) is 0 Å². The normalized spacial score (nSPS) is 15.0. The van der Waals surface area contributed by atoms with Crippen molar-refractivity contribution in [3.05, 3.63) is 59.7 Å². The van der Waals surface area contributed by atoms with Gasteiger partial charge in [-0.05, 0) is 30.5 Å². The van der Waals surface area contributed by atoms with E-state index in [1.165, 1.54) is 0 Å². The maximum absolute atomic E-state index is 12.4. The van der Waals surface area contributed by atoms with Gasteiger partial charge in [-0.15, -0.1) is 0 Å². The standard InChI is InChI=1S/C23H28N2O4/c1-28-21-9-8-17(14-22(21)29-2)15-23(27)24-19-10-12-25(13-11-19)16-20(26)18-6-4-3-5-7-18/h3-9,14,19H,10-13,15-16H2,1-2H3,(H,24,27). The molecule has 1 saturated heterocycles. The smallest absolute Gasteiger partial charge is 0.224 e. The third-order valence-electron chi connectivity index (χ3n) is 5.23. The summed E-state index contributed by atoms with van der Waals surface area (Å²) in [7, 11) is 3.17. The van der Waals surface area contributed by atoms with Gasteiger partial charge in [-0.25, -0.2) is 0 Å². The summed E-state index contributed by atoms with van der Waals surface area (Å²) in [4.78, 5) is 26.9. The zero-order valence-corrected chi connectivity index (χ0v) is 17.0. The molecule has 0 atom stereocenters. The van der Waals surface area contributed by atoms with Crippen LogP contribution in [0.1, 0.15) is 28.8 Å². The van der Waals surface area contributed by atoms with Crippen LogP contribution in [-0.4, -0.2) is 56.5 Å². The molecule has 154 valence electrons. The second-order valence-corrected chi connectivity index (χ2v) is 7.27. The number of carbonyl (C=O) groups is 2. The molecular formula is C23H28N2O4. The number of benzene rings is 2.